The number of benzene rings is 1. The molecule has 7 heteroatoms. The third kappa shape index (κ3) is 4.03. The lowest BCUT2D eigenvalue weighted by atomic mass is 10.1. The molecule has 1 aromatic carbocycles. The van der Waals surface area contributed by atoms with E-state index in [-0.39, 0.29) is 0 Å². The summed E-state index contributed by atoms with van der Waals surface area (Å²) < 4.78 is 7.08. The molecule has 2 aromatic heterocycles. The van der Waals surface area contributed by atoms with Crippen LogP contribution in [0.25, 0.3) is 22.6 Å². The zero-order valence-electron chi connectivity index (χ0n) is 15.6. The van der Waals surface area contributed by atoms with Crippen LogP contribution in [-0.4, -0.2) is 44.8 Å². The quantitative estimate of drug-likeness (QED) is 0.701. The van der Waals surface area contributed by atoms with E-state index in [1.807, 2.05) is 42.6 Å². The second kappa shape index (κ2) is 8.39. The molecule has 0 unspecified atom stereocenters. The molecule has 0 radical (unpaired) electrons. The highest BCUT2D eigenvalue weighted by atomic mass is 16.5. The highest BCUT2D eigenvalue weighted by molar-refractivity contribution is 5.71. The molecule has 1 aliphatic heterocycles. The number of aromatic nitrogens is 5. The van der Waals surface area contributed by atoms with E-state index in [0.717, 1.165) is 29.0 Å². The first-order chi connectivity index (χ1) is 13.8. The van der Waals surface area contributed by atoms with Crippen LogP contribution in [0.2, 0.25) is 0 Å². The molecule has 1 aliphatic rings. The van der Waals surface area contributed by atoms with E-state index in [2.05, 4.69) is 38.5 Å². The van der Waals surface area contributed by atoms with Crippen LogP contribution in [0.5, 0.6) is 5.75 Å². The predicted octanol–water partition coefficient (Wildman–Crippen LogP) is 3.41. The average molecular weight is 372 g/mol. The Morgan fingerprint density at radius 1 is 1.21 bits per heavy atom. The standard InChI is InChI=1S/C21H20N6O/c1-28-18-10-5-9-17(13-18)19-14-23-20-21(24-19)27(26-25-20)15-16-7-3-2-4-11-22-12-6-8-16/h2,4-11,13-14H,3,12,15H2,1H3/b4-2-,8-6?,16-7?,22-11?. The van der Waals surface area contributed by atoms with Gasteiger partial charge in [-0.05, 0) is 30.2 Å². The SMILES string of the molecule is COc1cccc(-c2cnc3nnn(CC4=CC/C=C\C=NCC=C4)c3n2)c1. The normalized spacial score (nSPS) is 15.4. The number of hydrogen-bond acceptors (Lipinski definition) is 6. The van der Waals surface area contributed by atoms with Crippen molar-refractivity contribution in [2.75, 3.05) is 13.7 Å². The highest BCUT2D eigenvalue weighted by Crippen LogP contribution is 2.23. The van der Waals surface area contributed by atoms with Gasteiger partial charge in [-0.1, -0.05) is 41.7 Å². The maximum Gasteiger partial charge on any atom is 0.221 e. The van der Waals surface area contributed by atoms with E-state index in [4.69, 9.17) is 9.72 Å². The Morgan fingerprint density at radius 2 is 2.18 bits per heavy atom. The molecule has 28 heavy (non-hydrogen) atoms. The summed E-state index contributed by atoms with van der Waals surface area (Å²) in [5.41, 5.74) is 3.99. The second-order valence-corrected chi connectivity index (χ2v) is 6.24. The molecule has 0 saturated carbocycles. The van der Waals surface area contributed by atoms with Crippen molar-refractivity contribution in [3.63, 3.8) is 0 Å². The van der Waals surface area contributed by atoms with Crippen LogP contribution in [0.3, 0.4) is 0 Å². The van der Waals surface area contributed by atoms with Crippen molar-refractivity contribution < 1.29 is 4.74 Å². The first kappa shape index (κ1) is 17.8. The number of rotatable bonds is 4. The van der Waals surface area contributed by atoms with E-state index >= 15 is 0 Å². The van der Waals surface area contributed by atoms with Crippen LogP contribution < -0.4 is 4.74 Å². The molecular weight excluding hydrogens is 352 g/mol. The maximum atomic E-state index is 5.31. The first-order valence-corrected chi connectivity index (χ1v) is 9.04. The largest absolute Gasteiger partial charge is 0.497 e. The van der Waals surface area contributed by atoms with Crippen LogP contribution >= 0.6 is 0 Å². The molecule has 0 bridgehead atoms. The van der Waals surface area contributed by atoms with Crippen LogP contribution in [0, 0.1) is 0 Å². The third-order valence-electron chi connectivity index (χ3n) is 4.31. The van der Waals surface area contributed by atoms with Crippen molar-refractivity contribution in [1.82, 2.24) is 25.0 Å². The van der Waals surface area contributed by atoms with Gasteiger partial charge in [-0.3, -0.25) is 4.99 Å². The number of allylic oxidation sites excluding steroid dienone is 5. The third-order valence-corrected chi connectivity index (χ3v) is 4.31. The Hall–Kier alpha value is -3.61. The van der Waals surface area contributed by atoms with Gasteiger partial charge >= 0.3 is 0 Å². The summed E-state index contributed by atoms with van der Waals surface area (Å²) in [6, 6.07) is 7.74. The number of ether oxygens (including phenoxy) is 1. The van der Waals surface area contributed by atoms with Crippen molar-refractivity contribution in [1.29, 1.82) is 0 Å². The number of hydrogen-bond donors (Lipinski definition) is 0. The summed E-state index contributed by atoms with van der Waals surface area (Å²) in [4.78, 5) is 13.5. The second-order valence-electron chi connectivity index (χ2n) is 6.24. The fraction of sp³-hybridized carbons (Fsp3) is 0.190. The van der Waals surface area contributed by atoms with Crippen molar-refractivity contribution in [3.8, 4) is 17.0 Å². The van der Waals surface area contributed by atoms with Crippen molar-refractivity contribution in [2.24, 2.45) is 4.99 Å². The highest BCUT2D eigenvalue weighted by Gasteiger charge is 2.11. The molecule has 140 valence electrons. The zero-order chi connectivity index (χ0) is 19.2. The molecular formula is C21H20N6O. The van der Waals surface area contributed by atoms with Crippen LogP contribution in [0.1, 0.15) is 6.42 Å². The zero-order valence-corrected chi connectivity index (χ0v) is 15.6. The van der Waals surface area contributed by atoms with Gasteiger partial charge in [0, 0.05) is 11.8 Å². The van der Waals surface area contributed by atoms with Gasteiger partial charge in [-0.2, -0.15) is 0 Å². The maximum absolute atomic E-state index is 5.31. The lowest BCUT2D eigenvalue weighted by molar-refractivity contribution is 0.415. The van der Waals surface area contributed by atoms with Crippen molar-refractivity contribution >= 4 is 17.5 Å². The van der Waals surface area contributed by atoms with Gasteiger partial charge < -0.3 is 4.74 Å². The Morgan fingerprint density at radius 3 is 3.11 bits per heavy atom. The number of methoxy groups -OCH3 is 1. The van der Waals surface area contributed by atoms with Crippen LogP contribution in [-0.2, 0) is 6.54 Å². The molecule has 3 aromatic rings. The Balaban J connectivity index is 1.66. The van der Waals surface area contributed by atoms with E-state index in [1.54, 1.807) is 18.0 Å². The molecule has 0 atom stereocenters. The Kier molecular flexibility index (Phi) is 5.33. The minimum atomic E-state index is 0.528. The fourth-order valence-electron chi connectivity index (χ4n) is 2.89. The summed E-state index contributed by atoms with van der Waals surface area (Å²) in [7, 11) is 1.65. The van der Waals surface area contributed by atoms with E-state index in [1.165, 1.54) is 0 Å². The smallest absolute Gasteiger partial charge is 0.221 e. The molecule has 3 heterocycles. The predicted molar refractivity (Wildman–Crippen MR) is 109 cm³/mol. The van der Waals surface area contributed by atoms with Crippen LogP contribution in [0.4, 0.5) is 0 Å². The topological polar surface area (TPSA) is 78.1 Å². The van der Waals surface area contributed by atoms with Gasteiger partial charge in [0.1, 0.15) is 5.75 Å². The van der Waals surface area contributed by atoms with Crippen LogP contribution in [0.15, 0.2) is 71.4 Å². The summed E-state index contributed by atoms with van der Waals surface area (Å²) in [6.07, 6.45) is 14.7. The van der Waals surface area contributed by atoms with Gasteiger partial charge in [-0.15, -0.1) is 5.10 Å². The summed E-state index contributed by atoms with van der Waals surface area (Å²) in [5.74, 6) is 0.776. The van der Waals surface area contributed by atoms with Gasteiger partial charge in [-0.25, -0.2) is 14.6 Å². The minimum Gasteiger partial charge on any atom is -0.497 e. The molecule has 0 amide bonds. The Bertz CT molecular complexity index is 1090. The van der Waals surface area contributed by atoms with E-state index < -0.39 is 0 Å². The summed E-state index contributed by atoms with van der Waals surface area (Å²) in [5, 5.41) is 8.40. The van der Waals surface area contributed by atoms with Crippen molar-refractivity contribution in [2.45, 2.75) is 13.0 Å². The molecule has 0 N–H and O–H groups in total. The van der Waals surface area contributed by atoms with Gasteiger partial charge in [0.05, 0.1) is 32.1 Å². The lowest BCUT2D eigenvalue weighted by Crippen LogP contribution is -2.04. The molecule has 0 fully saturated rings. The van der Waals surface area contributed by atoms with Gasteiger partial charge in [0.2, 0.25) is 5.65 Å². The van der Waals surface area contributed by atoms with E-state index in [0.29, 0.717) is 24.4 Å². The molecule has 0 spiro atoms. The summed E-state index contributed by atoms with van der Waals surface area (Å²) in [6.45, 7) is 1.22. The molecule has 0 saturated heterocycles. The first-order valence-electron chi connectivity index (χ1n) is 9.04. The molecule has 7 nitrogen and oxygen atoms in total. The fourth-order valence-corrected chi connectivity index (χ4v) is 2.89. The van der Waals surface area contributed by atoms with Gasteiger partial charge in [0.15, 0.2) is 5.65 Å². The monoisotopic (exact) mass is 372 g/mol. The lowest BCUT2D eigenvalue weighted by Gasteiger charge is -2.06. The van der Waals surface area contributed by atoms with Gasteiger partial charge in [0.25, 0.3) is 0 Å². The molecule has 0 aliphatic carbocycles. The number of fused-ring (bicyclic) bond motifs is 1. The van der Waals surface area contributed by atoms with Crippen molar-refractivity contribution in [3.05, 3.63) is 66.4 Å². The van der Waals surface area contributed by atoms with E-state index in [9.17, 15) is 0 Å². The number of aliphatic imine (C=N–C) groups is 1. The average Bonchev–Trinajstić information content (AvgIpc) is 3.15. The summed E-state index contributed by atoms with van der Waals surface area (Å²) >= 11 is 0. The number of nitrogens with zero attached hydrogens (tertiary/aromatic N) is 6. The molecule has 4 rings (SSSR count). The minimum absolute atomic E-state index is 0.528. The Labute approximate surface area is 162 Å².